The van der Waals surface area contributed by atoms with Gasteiger partial charge in [0, 0.05) is 36.2 Å². The van der Waals surface area contributed by atoms with Crippen molar-refractivity contribution < 1.29 is 4.79 Å². The molecule has 3 heterocycles. The maximum absolute atomic E-state index is 13.0. The molecule has 1 fully saturated rings. The highest BCUT2D eigenvalue weighted by Gasteiger charge is 2.41. The molecule has 200 valence electrons. The van der Waals surface area contributed by atoms with Gasteiger partial charge in [0.2, 0.25) is 5.91 Å². The molecule has 2 N–H and O–H groups in total. The number of amides is 1. The molecule has 0 spiro atoms. The van der Waals surface area contributed by atoms with E-state index in [0.717, 1.165) is 28.3 Å². The Hall–Kier alpha value is -3.97. The molecule has 1 aliphatic heterocycles. The van der Waals surface area contributed by atoms with Crippen LogP contribution < -0.4 is 10.6 Å². The molecule has 0 radical (unpaired) electrons. The van der Waals surface area contributed by atoms with Crippen LogP contribution in [0, 0.1) is 34.6 Å². The molecule has 2 atom stereocenters. The van der Waals surface area contributed by atoms with Gasteiger partial charge in [-0.3, -0.25) is 9.78 Å². The predicted molar refractivity (Wildman–Crippen MR) is 161 cm³/mol. The van der Waals surface area contributed by atoms with Gasteiger partial charge < -0.3 is 20.1 Å². The highest BCUT2D eigenvalue weighted by Crippen LogP contribution is 2.42. The first kappa shape index (κ1) is 26.6. The van der Waals surface area contributed by atoms with Crippen LogP contribution in [0.1, 0.15) is 57.8 Å². The summed E-state index contributed by atoms with van der Waals surface area (Å²) in [6, 6.07) is 22.2. The number of nitrogens with zero attached hydrogens (tertiary/aromatic N) is 3. The lowest BCUT2D eigenvalue weighted by atomic mass is 9.96. The van der Waals surface area contributed by atoms with Crippen molar-refractivity contribution in [2.75, 3.05) is 11.9 Å². The molecule has 39 heavy (non-hydrogen) atoms. The van der Waals surface area contributed by atoms with Crippen LogP contribution in [0.5, 0.6) is 0 Å². The molecule has 0 saturated carbocycles. The lowest BCUT2D eigenvalue weighted by Crippen LogP contribution is -2.33. The highest BCUT2D eigenvalue weighted by atomic mass is 32.1. The number of rotatable bonds is 7. The van der Waals surface area contributed by atoms with Crippen LogP contribution in [0.4, 0.5) is 5.69 Å². The average molecular weight is 538 g/mol. The van der Waals surface area contributed by atoms with E-state index >= 15 is 0 Å². The number of hydrogen-bond donors (Lipinski definition) is 2. The molecule has 2 aromatic heterocycles. The summed E-state index contributed by atoms with van der Waals surface area (Å²) in [4.78, 5) is 19.8. The molecule has 1 aliphatic rings. The van der Waals surface area contributed by atoms with Crippen LogP contribution in [0.15, 0.2) is 72.9 Å². The van der Waals surface area contributed by atoms with Crippen LogP contribution in [0.3, 0.4) is 0 Å². The summed E-state index contributed by atoms with van der Waals surface area (Å²) < 4.78 is 2.35. The Labute approximate surface area is 236 Å². The number of benzene rings is 2. The molecule has 1 saturated heterocycles. The third kappa shape index (κ3) is 5.19. The lowest BCUT2D eigenvalue weighted by Gasteiger charge is -2.28. The number of hydrogen-bond acceptors (Lipinski definition) is 3. The highest BCUT2D eigenvalue weighted by molar-refractivity contribution is 7.80. The van der Waals surface area contributed by atoms with Gasteiger partial charge in [-0.25, -0.2) is 0 Å². The van der Waals surface area contributed by atoms with Crippen LogP contribution in [0.25, 0.3) is 5.69 Å². The normalized spacial score (nSPS) is 16.8. The average Bonchev–Trinajstić information content (AvgIpc) is 3.39. The Morgan fingerprint density at radius 2 is 1.64 bits per heavy atom. The zero-order valence-electron chi connectivity index (χ0n) is 23.2. The van der Waals surface area contributed by atoms with Crippen molar-refractivity contribution in [1.29, 1.82) is 0 Å². The van der Waals surface area contributed by atoms with E-state index < -0.39 is 0 Å². The number of para-hydroxylation sites is 2. The molecule has 6 nitrogen and oxygen atoms in total. The summed E-state index contributed by atoms with van der Waals surface area (Å²) in [5, 5.41) is 7.22. The molecule has 0 unspecified atom stereocenters. The van der Waals surface area contributed by atoms with Gasteiger partial charge in [-0.15, -0.1) is 0 Å². The van der Waals surface area contributed by atoms with Crippen molar-refractivity contribution in [1.82, 2.24) is 19.8 Å². The topological polar surface area (TPSA) is 62.2 Å². The first-order valence-electron chi connectivity index (χ1n) is 13.3. The zero-order valence-corrected chi connectivity index (χ0v) is 24.0. The SMILES string of the molecule is Cc1ccccc1NC(=O)CCN1C(=S)N[C@H](c2ccccn2)[C@@H]1c1cc(C)n(-c2c(C)cccc2C)c1C. The number of thiocarbonyl (C=S) groups is 1. The number of aryl methyl sites for hydroxylation is 4. The summed E-state index contributed by atoms with van der Waals surface area (Å²) in [5.74, 6) is -0.0341. The summed E-state index contributed by atoms with van der Waals surface area (Å²) in [6.45, 7) is 11.1. The van der Waals surface area contributed by atoms with Gasteiger partial charge in [-0.1, -0.05) is 42.5 Å². The molecule has 7 heteroatoms. The van der Waals surface area contributed by atoms with Crippen LogP contribution in [-0.2, 0) is 4.79 Å². The Morgan fingerprint density at radius 3 is 2.33 bits per heavy atom. The predicted octanol–water partition coefficient (Wildman–Crippen LogP) is 6.42. The Balaban J connectivity index is 1.50. The van der Waals surface area contributed by atoms with Crippen LogP contribution >= 0.6 is 12.2 Å². The molecule has 1 amide bonds. The largest absolute Gasteiger partial charge is 0.352 e. The van der Waals surface area contributed by atoms with Crippen molar-refractivity contribution in [3.05, 3.63) is 112 Å². The molecule has 0 aliphatic carbocycles. The second kappa shape index (κ2) is 11.0. The van der Waals surface area contributed by atoms with Crippen molar-refractivity contribution in [3.8, 4) is 5.69 Å². The summed E-state index contributed by atoms with van der Waals surface area (Å²) in [7, 11) is 0. The number of carbonyl (C=O) groups is 1. The van der Waals surface area contributed by atoms with E-state index in [1.165, 1.54) is 22.4 Å². The van der Waals surface area contributed by atoms with Gasteiger partial charge >= 0.3 is 0 Å². The van der Waals surface area contributed by atoms with Gasteiger partial charge in [-0.05, 0) is 93.4 Å². The Bertz CT molecular complexity index is 1510. The lowest BCUT2D eigenvalue weighted by molar-refractivity contribution is -0.116. The zero-order chi connectivity index (χ0) is 27.7. The van der Waals surface area contributed by atoms with E-state index in [-0.39, 0.29) is 18.0 Å². The van der Waals surface area contributed by atoms with Crippen molar-refractivity contribution >= 4 is 28.9 Å². The van der Waals surface area contributed by atoms with Gasteiger partial charge in [0.25, 0.3) is 0 Å². The summed E-state index contributed by atoms with van der Waals surface area (Å²) >= 11 is 5.86. The Morgan fingerprint density at radius 1 is 0.949 bits per heavy atom. The van der Waals surface area contributed by atoms with Crippen molar-refractivity contribution in [2.45, 2.75) is 53.1 Å². The van der Waals surface area contributed by atoms with E-state index in [1.807, 2.05) is 55.6 Å². The maximum Gasteiger partial charge on any atom is 0.226 e. The molecule has 4 aromatic rings. The standard InChI is InChI=1S/C32H35N5OS/c1-20-11-6-7-14-26(20)34-28(38)16-18-36-31(29(35-32(36)39)27-15-8-9-17-33-27)25-19-23(4)37(24(25)5)30-21(2)12-10-13-22(30)3/h6-15,17,19,29,31H,16,18H2,1-5H3,(H,34,38)(H,35,39)/t29-,31+/m1/s1. The molecule has 2 aromatic carbocycles. The fourth-order valence-electron chi connectivity index (χ4n) is 5.72. The van der Waals surface area contributed by atoms with E-state index in [4.69, 9.17) is 12.2 Å². The second-order valence-electron chi connectivity index (χ2n) is 10.3. The van der Waals surface area contributed by atoms with Gasteiger partial charge in [0.1, 0.15) is 0 Å². The number of nitrogens with one attached hydrogen (secondary N) is 2. The Kier molecular flexibility index (Phi) is 7.53. The molecule has 5 rings (SSSR count). The number of pyridine rings is 1. The first-order chi connectivity index (χ1) is 18.8. The number of carbonyl (C=O) groups excluding carboxylic acids is 1. The third-order valence-corrected chi connectivity index (χ3v) is 8.00. The fourth-order valence-corrected chi connectivity index (χ4v) is 6.05. The molecular formula is C32H35N5OS. The summed E-state index contributed by atoms with van der Waals surface area (Å²) in [6.07, 6.45) is 2.13. The van der Waals surface area contributed by atoms with Gasteiger partial charge in [0.05, 0.1) is 23.5 Å². The van der Waals surface area contributed by atoms with E-state index in [2.05, 4.69) is 77.0 Å². The number of anilines is 1. The van der Waals surface area contributed by atoms with E-state index in [0.29, 0.717) is 18.1 Å². The molecular weight excluding hydrogens is 502 g/mol. The van der Waals surface area contributed by atoms with Crippen LogP contribution in [0.2, 0.25) is 0 Å². The van der Waals surface area contributed by atoms with E-state index in [9.17, 15) is 4.79 Å². The van der Waals surface area contributed by atoms with Gasteiger partial charge in [-0.2, -0.15) is 0 Å². The van der Waals surface area contributed by atoms with E-state index in [1.54, 1.807) is 0 Å². The molecule has 0 bridgehead atoms. The quantitative estimate of drug-likeness (QED) is 0.267. The maximum atomic E-state index is 13.0. The smallest absolute Gasteiger partial charge is 0.226 e. The number of aromatic nitrogens is 2. The minimum atomic E-state index is -0.134. The van der Waals surface area contributed by atoms with Crippen molar-refractivity contribution in [2.24, 2.45) is 0 Å². The van der Waals surface area contributed by atoms with Gasteiger partial charge in [0.15, 0.2) is 5.11 Å². The first-order valence-corrected chi connectivity index (χ1v) is 13.8. The third-order valence-electron chi connectivity index (χ3n) is 7.65. The summed E-state index contributed by atoms with van der Waals surface area (Å²) in [5.41, 5.74) is 9.98. The fraction of sp³-hybridized carbons (Fsp3) is 0.281. The monoisotopic (exact) mass is 537 g/mol. The second-order valence-corrected chi connectivity index (χ2v) is 10.7. The van der Waals surface area contributed by atoms with Crippen molar-refractivity contribution in [3.63, 3.8) is 0 Å². The van der Waals surface area contributed by atoms with Crippen LogP contribution in [-0.4, -0.2) is 32.0 Å². The minimum absolute atomic E-state index is 0.0341. The minimum Gasteiger partial charge on any atom is -0.352 e.